The van der Waals surface area contributed by atoms with Crippen molar-refractivity contribution >= 4 is 55.7 Å². The van der Waals surface area contributed by atoms with Gasteiger partial charge < -0.3 is 10.1 Å². The largest absolute Gasteiger partial charge is 0.465 e. The molecule has 0 spiro atoms. The molecular weight excluding hydrogens is 340 g/mol. The molecule has 0 fully saturated rings. The minimum absolute atomic E-state index is 0.394. The fraction of sp³-hybridized carbons (Fsp3) is 0.0909. The van der Waals surface area contributed by atoms with Crippen molar-refractivity contribution in [1.82, 2.24) is 4.98 Å². The summed E-state index contributed by atoms with van der Waals surface area (Å²) in [6.45, 7) is 0. The number of hydrogen-bond acceptors (Lipinski definition) is 5. The van der Waals surface area contributed by atoms with Crippen LogP contribution in [0.1, 0.15) is 9.67 Å². The van der Waals surface area contributed by atoms with E-state index in [1.165, 1.54) is 24.6 Å². The highest BCUT2D eigenvalue weighted by molar-refractivity contribution is 9.10. The fourth-order valence-corrected chi connectivity index (χ4v) is 2.41. The lowest BCUT2D eigenvalue weighted by atomic mass is 10.3. The quantitative estimate of drug-likeness (QED) is 0.850. The van der Waals surface area contributed by atoms with Gasteiger partial charge in [-0.15, -0.1) is 0 Å². The average molecular weight is 348 g/mol. The van der Waals surface area contributed by atoms with Crippen molar-refractivity contribution in [1.29, 1.82) is 0 Å². The van der Waals surface area contributed by atoms with E-state index in [1.54, 1.807) is 6.07 Å². The number of halogens is 2. The third kappa shape index (κ3) is 3.01. The number of benzene rings is 1. The molecule has 0 aliphatic rings. The Morgan fingerprint density at radius 3 is 3.00 bits per heavy atom. The van der Waals surface area contributed by atoms with Crippen LogP contribution in [0.2, 0.25) is 5.02 Å². The summed E-state index contributed by atoms with van der Waals surface area (Å²) in [6, 6.07) is 5.46. The van der Waals surface area contributed by atoms with Gasteiger partial charge >= 0.3 is 5.97 Å². The van der Waals surface area contributed by atoms with Crippen LogP contribution in [0.4, 0.5) is 10.8 Å². The molecule has 1 heterocycles. The van der Waals surface area contributed by atoms with E-state index >= 15 is 0 Å². The first-order chi connectivity index (χ1) is 8.60. The van der Waals surface area contributed by atoms with Crippen LogP contribution in [0.25, 0.3) is 0 Å². The first kappa shape index (κ1) is 13.3. The number of aromatic nitrogens is 1. The van der Waals surface area contributed by atoms with Crippen LogP contribution in [-0.4, -0.2) is 18.1 Å². The van der Waals surface area contributed by atoms with Crippen LogP contribution in [-0.2, 0) is 4.74 Å². The summed E-state index contributed by atoms with van der Waals surface area (Å²) in [4.78, 5) is 15.8. The summed E-state index contributed by atoms with van der Waals surface area (Å²) in [5.74, 6) is -0.394. The van der Waals surface area contributed by atoms with Gasteiger partial charge in [-0.1, -0.05) is 22.9 Å². The van der Waals surface area contributed by atoms with E-state index in [2.05, 4.69) is 31.0 Å². The standard InChI is InChI=1S/C11H8BrClN2O2S/c1-17-10(16)9-5-14-11(18-9)15-6-2-3-7(12)8(13)4-6/h2-5H,1H3,(H,14,15). The number of hydrogen-bond donors (Lipinski definition) is 1. The van der Waals surface area contributed by atoms with Crippen LogP contribution < -0.4 is 5.32 Å². The third-order valence-electron chi connectivity index (χ3n) is 2.06. The molecule has 0 unspecified atom stereocenters. The van der Waals surface area contributed by atoms with Gasteiger partial charge in [0.15, 0.2) is 5.13 Å². The van der Waals surface area contributed by atoms with Crippen molar-refractivity contribution in [2.75, 3.05) is 12.4 Å². The molecule has 1 aromatic carbocycles. The number of rotatable bonds is 3. The molecule has 0 radical (unpaired) electrons. The zero-order chi connectivity index (χ0) is 13.1. The zero-order valence-corrected chi connectivity index (χ0v) is 12.4. The topological polar surface area (TPSA) is 51.2 Å². The monoisotopic (exact) mass is 346 g/mol. The van der Waals surface area contributed by atoms with Crippen molar-refractivity contribution < 1.29 is 9.53 Å². The lowest BCUT2D eigenvalue weighted by molar-refractivity contribution is 0.0606. The normalized spacial score (nSPS) is 10.2. The van der Waals surface area contributed by atoms with Crippen molar-refractivity contribution in [3.63, 3.8) is 0 Å². The molecule has 4 nitrogen and oxygen atoms in total. The number of esters is 1. The van der Waals surface area contributed by atoms with E-state index in [0.717, 1.165) is 10.2 Å². The predicted molar refractivity (Wildman–Crippen MR) is 75.9 cm³/mol. The Bertz CT molecular complexity index is 588. The molecule has 0 saturated heterocycles. The Balaban J connectivity index is 2.16. The van der Waals surface area contributed by atoms with E-state index in [0.29, 0.717) is 15.0 Å². The van der Waals surface area contributed by atoms with Crippen molar-refractivity contribution in [2.45, 2.75) is 0 Å². The summed E-state index contributed by atoms with van der Waals surface area (Å²) in [5.41, 5.74) is 0.800. The molecule has 0 atom stereocenters. The maximum atomic E-state index is 11.3. The number of ether oxygens (including phenoxy) is 1. The molecule has 2 aromatic rings. The molecule has 0 saturated carbocycles. The minimum Gasteiger partial charge on any atom is -0.465 e. The number of nitrogens with zero attached hydrogens (tertiary/aromatic N) is 1. The summed E-state index contributed by atoms with van der Waals surface area (Å²) < 4.78 is 5.43. The van der Waals surface area contributed by atoms with Gasteiger partial charge in [0.05, 0.1) is 18.3 Å². The Labute approximate surface area is 121 Å². The lowest BCUT2D eigenvalue weighted by Gasteiger charge is -2.03. The maximum Gasteiger partial charge on any atom is 0.349 e. The fourth-order valence-electron chi connectivity index (χ4n) is 1.22. The van der Waals surface area contributed by atoms with Gasteiger partial charge in [0.1, 0.15) is 4.88 Å². The first-order valence-corrected chi connectivity index (χ1v) is 6.85. The lowest BCUT2D eigenvalue weighted by Crippen LogP contribution is -1.96. The summed E-state index contributed by atoms with van der Waals surface area (Å²) in [5, 5.41) is 4.27. The third-order valence-corrected chi connectivity index (χ3v) is 4.19. The molecule has 7 heteroatoms. The van der Waals surface area contributed by atoms with Crippen LogP contribution in [0.15, 0.2) is 28.9 Å². The number of anilines is 2. The molecule has 1 aromatic heterocycles. The number of thiazole rings is 1. The molecule has 0 bridgehead atoms. The Hall–Kier alpha value is -1.11. The van der Waals surface area contributed by atoms with Crippen LogP contribution in [0.3, 0.4) is 0 Å². The molecule has 94 valence electrons. The number of nitrogens with one attached hydrogen (secondary N) is 1. The molecular formula is C11H8BrClN2O2S. The maximum absolute atomic E-state index is 11.3. The van der Waals surface area contributed by atoms with Crippen LogP contribution in [0.5, 0.6) is 0 Å². The highest BCUT2D eigenvalue weighted by atomic mass is 79.9. The highest BCUT2D eigenvalue weighted by Gasteiger charge is 2.10. The second-order valence-corrected chi connectivity index (χ2v) is 5.57. The number of carbonyl (C=O) groups is 1. The molecule has 0 aliphatic heterocycles. The molecule has 2 rings (SSSR count). The molecule has 0 amide bonds. The van der Waals surface area contributed by atoms with Crippen molar-refractivity contribution in [2.24, 2.45) is 0 Å². The van der Waals surface area contributed by atoms with Gasteiger partial charge in [0.25, 0.3) is 0 Å². The van der Waals surface area contributed by atoms with E-state index in [9.17, 15) is 4.79 Å². The Morgan fingerprint density at radius 2 is 2.33 bits per heavy atom. The summed E-state index contributed by atoms with van der Waals surface area (Å²) >= 11 is 10.5. The number of methoxy groups -OCH3 is 1. The number of carbonyl (C=O) groups excluding carboxylic acids is 1. The van der Waals surface area contributed by atoms with Gasteiger partial charge in [0.2, 0.25) is 0 Å². The molecule has 1 N–H and O–H groups in total. The van der Waals surface area contributed by atoms with Crippen molar-refractivity contribution in [3.05, 3.63) is 38.8 Å². The van der Waals surface area contributed by atoms with Crippen molar-refractivity contribution in [3.8, 4) is 0 Å². The second kappa shape index (κ2) is 5.69. The predicted octanol–water partition coefficient (Wildman–Crippen LogP) is 4.09. The van der Waals surface area contributed by atoms with Crippen LogP contribution in [0, 0.1) is 0 Å². The average Bonchev–Trinajstić information content (AvgIpc) is 2.81. The van der Waals surface area contributed by atoms with Gasteiger partial charge in [0, 0.05) is 10.2 Å². The Morgan fingerprint density at radius 1 is 1.56 bits per heavy atom. The van der Waals surface area contributed by atoms with Gasteiger partial charge in [-0.25, -0.2) is 9.78 Å². The van der Waals surface area contributed by atoms with Gasteiger partial charge in [-0.05, 0) is 34.1 Å². The summed E-state index contributed by atoms with van der Waals surface area (Å²) in [6.07, 6.45) is 1.47. The molecule has 0 aliphatic carbocycles. The zero-order valence-electron chi connectivity index (χ0n) is 9.24. The van der Waals surface area contributed by atoms with Gasteiger partial charge in [-0.3, -0.25) is 0 Å². The minimum atomic E-state index is -0.394. The van der Waals surface area contributed by atoms with E-state index in [-0.39, 0.29) is 0 Å². The highest BCUT2D eigenvalue weighted by Crippen LogP contribution is 2.28. The van der Waals surface area contributed by atoms with E-state index in [1.807, 2.05) is 12.1 Å². The molecule has 18 heavy (non-hydrogen) atoms. The van der Waals surface area contributed by atoms with Gasteiger partial charge in [-0.2, -0.15) is 0 Å². The summed E-state index contributed by atoms with van der Waals surface area (Å²) in [7, 11) is 1.34. The second-order valence-electron chi connectivity index (χ2n) is 3.28. The SMILES string of the molecule is COC(=O)c1cnc(Nc2ccc(Br)c(Cl)c2)s1. The smallest absolute Gasteiger partial charge is 0.349 e. The Kier molecular flexibility index (Phi) is 4.21. The van der Waals surface area contributed by atoms with Crippen LogP contribution >= 0.6 is 38.9 Å². The first-order valence-electron chi connectivity index (χ1n) is 4.86. The van der Waals surface area contributed by atoms with E-state index < -0.39 is 5.97 Å². The van der Waals surface area contributed by atoms with E-state index in [4.69, 9.17) is 11.6 Å².